The third-order valence-corrected chi connectivity index (χ3v) is 10.00. The average molecular weight is 661 g/mol. The summed E-state index contributed by atoms with van der Waals surface area (Å²) in [6.07, 6.45) is 5.38. The Balaban J connectivity index is 1.74. The van der Waals surface area contributed by atoms with Crippen molar-refractivity contribution in [2.24, 2.45) is 0 Å². The highest BCUT2D eigenvalue weighted by Gasteiger charge is 2.35. The number of carbonyl (C=O) groups excluding carboxylic acids is 2. The van der Waals surface area contributed by atoms with E-state index >= 15 is 0 Å². The zero-order valence-corrected chi connectivity index (χ0v) is 27.4. The van der Waals surface area contributed by atoms with Gasteiger partial charge in [-0.2, -0.15) is 0 Å². The minimum Gasteiger partial charge on any atom is -0.492 e. The zero-order valence-electron chi connectivity index (χ0n) is 25.0. The van der Waals surface area contributed by atoms with E-state index in [1.54, 1.807) is 55.5 Å². The monoisotopic (exact) mass is 659 g/mol. The number of hydrogen-bond acceptors (Lipinski definition) is 5. The number of amides is 2. The molecule has 3 aromatic rings. The second-order valence-corrected chi connectivity index (χ2v) is 13.5. The van der Waals surface area contributed by atoms with Crippen LogP contribution in [0.15, 0.2) is 77.7 Å². The van der Waals surface area contributed by atoms with Crippen LogP contribution in [0.25, 0.3) is 0 Å². The molecule has 1 aliphatic rings. The summed E-state index contributed by atoms with van der Waals surface area (Å²) in [6.45, 7) is 3.47. The van der Waals surface area contributed by atoms with Crippen molar-refractivity contribution in [3.63, 3.8) is 0 Å². The predicted octanol–water partition coefficient (Wildman–Crippen LogP) is 6.84. The fourth-order valence-corrected chi connectivity index (χ4v) is 7.11. The van der Waals surface area contributed by atoms with Crippen LogP contribution in [0.1, 0.15) is 57.9 Å². The molecule has 0 radical (unpaired) electrons. The van der Waals surface area contributed by atoms with Gasteiger partial charge in [-0.05, 0) is 80.3 Å². The molecule has 236 valence electrons. The number of para-hydroxylation sites is 2. The van der Waals surface area contributed by atoms with Gasteiger partial charge >= 0.3 is 0 Å². The van der Waals surface area contributed by atoms with Gasteiger partial charge in [0.2, 0.25) is 11.8 Å². The molecule has 3 aromatic carbocycles. The second kappa shape index (κ2) is 15.6. The minimum atomic E-state index is -4.26. The van der Waals surface area contributed by atoms with Crippen molar-refractivity contribution in [3.05, 3.63) is 88.4 Å². The number of hydrogen-bond donors (Lipinski definition) is 1. The molecule has 1 unspecified atom stereocenters. The van der Waals surface area contributed by atoms with Gasteiger partial charge in [-0.15, -0.1) is 0 Å². The van der Waals surface area contributed by atoms with E-state index in [0.717, 1.165) is 42.0 Å². The van der Waals surface area contributed by atoms with Crippen molar-refractivity contribution in [2.45, 2.75) is 75.9 Å². The van der Waals surface area contributed by atoms with Crippen LogP contribution in [-0.2, 0) is 26.2 Å². The van der Waals surface area contributed by atoms with Crippen molar-refractivity contribution < 1.29 is 22.7 Å². The van der Waals surface area contributed by atoms with E-state index in [1.807, 2.05) is 6.92 Å². The number of nitrogens with zero attached hydrogens (tertiary/aromatic N) is 2. The van der Waals surface area contributed by atoms with Gasteiger partial charge in [0.25, 0.3) is 10.0 Å². The molecule has 0 heterocycles. The van der Waals surface area contributed by atoms with Crippen molar-refractivity contribution in [1.82, 2.24) is 10.2 Å². The summed E-state index contributed by atoms with van der Waals surface area (Å²) in [6, 6.07) is 18.7. The lowest BCUT2D eigenvalue weighted by atomic mass is 9.95. The number of nitrogens with one attached hydrogen (secondary N) is 1. The topological polar surface area (TPSA) is 96.0 Å². The molecule has 4 rings (SSSR count). The quantitative estimate of drug-likeness (QED) is 0.217. The molecule has 11 heteroatoms. The van der Waals surface area contributed by atoms with Crippen molar-refractivity contribution in [2.75, 3.05) is 17.5 Å². The third-order valence-electron chi connectivity index (χ3n) is 7.72. The first kappa shape index (κ1) is 33.6. The van der Waals surface area contributed by atoms with Crippen LogP contribution in [0.2, 0.25) is 10.0 Å². The van der Waals surface area contributed by atoms with Crippen LogP contribution in [0, 0.1) is 0 Å². The number of ether oxygens (including phenoxy) is 1. The van der Waals surface area contributed by atoms with E-state index in [4.69, 9.17) is 27.9 Å². The van der Waals surface area contributed by atoms with E-state index in [0.29, 0.717) is 28.8 Å². The number of benzene rings is 3. The summed E-state index contributed by atoms with van der Waals surface area (Å²) < 4.78 is 35.1. The van der Waals surface area contributed by atoms with Gasteiger partial charge in [0, 0.05) is 22.6 Å². The maximum Gasteiger partial charge on any atom is 0.264 e. The molecule has 0 saturated heterocycles. The fourth-order valence-electron chi connectivity index (χ4n) is 5.44. The molecule has 1 N–H and O–H groups in total. The molecule has 0 bridgehead atoms. The number of sulfonamides is 1. The number of halogens is 2. The smallest absolute Gasteiger partial charge is 0.264 e. The molecular formula is C33H39Cl2N3O5S. The highest BCUT2D eigenvalue weighted by Crippen LogP contribution is 2.33. The first-order valence-electron chi connectivity index (χ1n) is 15.0. The molecule has 0 aromatic heterocycles. The average Bonchev–Trinajstić information content (AvgIpc) is 3.02. The second-order valence-electron chi connectivity index (χ2n) is 10.8. The Morgan fingerprint density at radius 2 is 1.52 bits per heavy atom. The molecule has 44 heavy (non-hydrogen) atoms. The molecule has 1 fully saturated rings. The van der Waals surface area contributed by atoms with E-state index in [1.165, 1.54) is 29.2 Å². The Kier molecular flexibility index (Phi) is 11.9. The van der Waals surface area contributed by atoms with Crippen LogP contribution in [0.5, 0.6) is 5.75 Å². The maximum absolute atomic E-state index is 14.3. The predicted molar refractivity (Wildman–Crippen MR) is 175 cm³/mol. The van der Waals surface area contributed by atoms with Gasteiger partial charge < -0.3 is 15.0 Å². The molecule has 2 amide bonds. The van der Waals surface area contributed by atoms with E-state index in [2.05, 4.69) is 5.32 Å². The molecule has 1 saturated carbocycles. The summed E-state index contributed by atoms with van der Waals surface area (Å²) in [5, 5.41) is 4.08. The molecule has 0 spiro atoms. The first-order valence-corrected chi connectivity index (χ1v) is 17.2. The number of anilines is 1. The molecule has 1 atom stereocenters. The van der Waals surface area contributed by atoms with Crippen LogP contribution in [0.3, 0.4) is 0 Å². The summed E-state index contributed by atoms with van der Waals surface area (Å²) >= 11 is 12.2. The molecule has 1 aliphatic carbocycles. The standard InChI is InChI=1S/C33H39Cl2N3O5S/c1-3-29(33(40)36-27-10-6-5-7-11-27)37(22-24-14-16-25(34)17-15-24)32(39)23-38(30-12-8-9-13-31(30)43-4-2)44(41,42)28-20-18-26(35)19-21-28/h8-9,12-21,27,29H,3-7,10-11,22-23H2,1-2H3,(H,36,40). The molecular weight excluding hydrogens is 621 g/mol. The van der Waals surface area contributed by atoms with Gasteiger partial charge in [-0.1, -0.05) is 73.7 Å². The van der Waals surface area contributed by atoms with Crippen molar-refractivity contribution >= 4 is 50.7 Å². The Hall–Kier alpha value is -3.27. The van der Waals surface area contributed by atoms with Crippen LogP contribution >= 0.6 is 23.2 Å². The van der Waals surface area contributed by atoms with Crippen LogP contribution < -0.4 is 14.4 Å². The van der Waals surface area contributed by atoms with Gasteiger partial charge in [-0.25, -0.2) is 8.42 Å². The Morgan fingerprint density at radius 1 is 0.909 bits per heavy atom. The maximum atomic E-state index is 14.3. The summed E-state index contributed by atoms with van der Waals surface area (Å²) in [5.41, 5.74) is 0.970. The summed E-state index contributed by atoms with van der Waals surface area (Å²) in [5.74, 6) is -0.468. The largest absolute Gasteiger partial charge is 0.492 e. The molecule has 0 aliphatic heterocycles. The Labute approximate surface area is 270 Å². The first-order chi connectivity index (χ1) is 21.1. The van der Waals surface area contributed by atoms with Gasteiger partial charge in [-0.3, -0.25) is 13.9 Å². The van der Waals surface area contributed by atoms with Gasteiger partial charge in [0.1, 0.15) is 18.3 Å². The van der Waals surface area contributed by atoms with E-state index < -0.39 is 28.5 Å². The Morgan fingerprint density at radius 3 is 2.14 bits per heavy atom. The van der Waals surface area contributed by atoms with Gasteiger partial charge in [0.15, 0.2) is 0 Å². The highest BCUT2D eigenvalue weighted by atomic mass is 35.5. The number of rotatable bonds is 13. The summed E-state index contributed by atoms with van der Waals surface area (Å²) in [7, 11) is -4.26. The van der Waals surface area contributed by atoms with E-state index in [-0.39, 0.29) is 29.1 Å². The third kappa shape index (κ3) is 8.46. The van der Waals surface area contributed by atoms with Crippen LogP contribution in [-0.4, -0.2) is 50.4 Å². The molecule has 8 nitrogen and oxygen atoms in total. The lowest BCUT2D eigenvalue weighted by Crippen LogP contribution is -2.54. The highest BCUT2D eigenvalue weighted by molar-refractivity contribution is 7.92. The van der Waals surface area contributed by atoms with Crippen molar-refractivity contribution in [3.8, 4) is 5.75 Å². The fraction of sp³-hybridized carbons (Fsp3) is 0.394. The normalized spacial score (nSPS) is 14.5. The van der Waals surface area contributed by atoms with Crippen LogP contribution in [0.4, 0.5) is 5.69 Å². The zero-order chi connectivity index (χ0) is 31.7. The minimum absolute atomic E-state index is 0.0349. The number of carbonyl (C=O) groups is 2. The van der Waals surface area contributed by atoms with E-state index in [9.17, 15) is 18.0 Å². The van der Waals surface area contributed by atoms with Crippen molar-refractivity contribution in [1.29, 1.82) is 0 Å². The SMILES string of the molecule is CCOc1ccccc1N(CC(=O)N(Cc1ccc(Cl)cc1)C(CC)C(=O)NC1CCCCC1)S(=O)(=O)c1ccc(Cl)cc1. The lowest BCUT2D eigenvalue weighted by molar-refractivity contribution is -0.140. The Bertz CT molecular complexity index is 1510. The lowest BCUT2D eigenvalue weighted by Gasteiger charge is -2.34. The van der Waals surface area contributed by atoms with Gasteiger partial charge in [0.05, 0.1) is 17.2 Å². The summed E-state index contributed by atoms with van der Waals surface area (Å²) in [4.78, 5) is 29.5.